The molecule has 4 bridgehead atoms. The number of halogens is 1. The van der Waals surface area contributed by atoms with Crippen molar-refractivity contribution in [1.82, 2.24) is 5.32 Å². The van der Waals surface area contributed by atoms with Gasteiger partial charge in [0.15, 0.2) is 0 Å². The molecule has 5 rings (SSSR count). The number of carbonyl (C=O) groups is 1. The molecule has 21 heavy (non-hydrogen) atoms. The fraction of sp³-hybridized carbons (Fsp3) is 0.611. The molecule has 1 amide bonds. The van der Waals surface area contributed by atoms with Crippen LogP contribution in [-0.2, 0) is 11.2 Å². The van der Waals surface area contributed by atoms with E-state index in [1.165, 1.54) is 32.1 Å². The lowest BCUT2D eigenvalue weighted by atomic mass is 9.54. The lowest BCUT2D eigenvalue weighted by Crippen LogP contribution is -2.56. The van der Waals surface area contributed by atoms with Gasteiger partial charge < -0.3 is 5.32 Å². The second-order valence-corrected chi connectivity index (χ2v) is 7.70. The van der Waals surface area contributed by atoms with Gasteiger partial charge in [-0.05, 0) is 67.4 Å². The number of carbonyl (C=O) groups excluding carboxylic acids is 1. The molecule has 0 atom stereocenters. The first-order chi connectivity index (χ1) is 10.2. The van der Waals surface area contributed by atoms with Crippen LogP contribution in [0.3, 0.4) is 0 Å². The van der Waals surface area contributed by atoms with E-state index in [9.17, 15) is 4.79 Å². The zero-order valence-corrected chi connectivity index (χ0v) is 13.0. The Morgan fingerprint density at radius 1 is 1.05 bits per heavy atom. The molecule has 4 aliphatic carbocycles. The summed E-state index contributed by atoms with van der Waals surface area (Å²) in [4.78, 5) is 12.4. The van der Waals surface area contributed by atoms with Gasteiger partial charge in [0.2, 0.25) is 5.91 Å². The van der Waals surface area contributed by atoms with Gasteiger partial charge in [0.1, 0.15) is 0 Å². The van der Waals surface area contributed by atoms with Crippen molar-refractivity contribution >= 4 is 17.5 Å². The highest BCUT2D eigenvalue weighted by atomic mass is 35.5. The molecule has 1 aromatic carbocycles. The third-order valence-corrected chi connectivity index (χ3v) is 6.23. The molecule has 0 aromatic heterocycles. The zero-order valence-electron chi connectivity index (χ0n) is 12.2. The molecule has 2 nitrogen and oxygen atoms in total. The van der Waals surface area contributed by atoms with Crippen molar-refractivity contribution in [3.63, 3.8) is 0 Å². The molecule has 4 aliphatic rings. The highest BCUT2D eigenvalue weighted by Gasteiger charge is 2.48. The molecule has 1 N–H and O–H groups in total. The van der Waals surface area contributed by atoms with Gasteiger partial charge in [0.05, 0.1) is 6.42 Å². The standard InChI is InChI=1S/C18H22ClNO/c19-16-4-2-1-3-13(16)10-17(21)20-18-14-6-11-5-12(8-14)9-15(18)7-11/h1-4,11-12,14-15,18H,5-10H2,(H,20,21). The average molecular weight is 304 g/mol. The van der Waals surface area contributed by atoms with Crippen molar-refractivity contribution in [3.05, 3.63) is 34.9 Å². The Balaban J connectivity index is 1.42. The maximum absolute atomic E-state index is 12.4. The molecule has 0 heterocycles. The second-order valence-electron chi connectivity index (χ2n) is 7.29. The van der Waals surface area contributed by atoms with E-state index in [0.717, 1.165) is 29.2 Å². The quantitative estimate of drug-likeness (QED) is 0.903. The second kappa shape index (κ2) is 5.31. The number of benzene rings is 1. The third-order valence-electron chi connectivity index (χ3n) is 5.86. The van der Waals surface area contributed by atoms with Crippen LogP contribution in [-0.4, -0.2) is 11.9 Å². The Morgan fingerprint density at radius 3 is 2.29 bits per heavy atom. The molecule has 0 unspecified atom stereocenters. The summed E-state index contributed by atoms with van der Waals surface area (Å²) in [5.41, 5.74) is 0.931. The minimum atomic E-state index is 0.139. The van der Waals surface area contributed by atoms with Crippen molar-refractivity contribution in [2.75, 3.05) is 0 Å². The van der Waals surface area contributed by atoms with Crippen LogP contribution in [0.1, 0.15) is 37.7 Å². The van der Waals surface area contributed by atoms with Gasteiger partial charge in [-0.25, -0.2) is 0 Å². The van der Waals surface area contributed by atoms with E-state index in [1.54, 1.807) is 0 Å². The van der Waals surface area contributed by atoms with Gasteiger partial charge in [-0.15, -0.1) is 0 Å². The molecule has 3 heteroatoms. The number of amides is 1. The third kappa shape index (κ3) is 2.59. The summed E-state index contributed by atoms with van der Waals surface area (Å²) in [6.45, 7) is 0. The van der Waals surface area contributed by atoms with E-state index < -0.39 is 0 Å². The van der Waals surface area contributed by atoms with Crippen LogP contribution in [0.5, 0.6) is 0 Å². The van der Waals surface area contributed by atoms with E-state index in [1.807, 2.05) is 24.3 Å². The van der Waals surface area contributed by atoms with E-state index in [4.69, 9.17) is 11.6 Å². The smallest absolute Gasteiger partial charge is 0.224 e. The maximum atomic E-state index is 12.4. The van der Waals surface area contributed by atoms with Crippen LogP contribution in [0, 0.1) is 23.7 Å². The summed E-state index contributed by atoms with van der Waals surface area (Å²) in [5, 5.41) is 4.03. The van der Waals surface area contributed by atoms with E-state index in [0.29, 0.717) is 17.5 Å². The lowest BCUT2D eigenvalue weighted by molar-refractivity contribution is -0.124. The normalized spacial score (nSPS) is 36.7. The molecule has 0 saturated heterocycles. The number of nitrogens with one attached hydrogen (secondary N) is 1. The monoisotopic (exact) mass is 303 g/mol. The predicted octanol–water partition coefficient (Wildman–Crippen LogP) is 3.82. The lowest BCUT2D eigenvalue weighted by Gasteiger charge is -2.54. The van der Waals surface area contributed by atoms with Crippen LogP contribution in [0.4, 0.5) is 0 Å². The first-order valence-corrected chi connectivity index (χ1v) is 8.59. The highest BCUT2D eigenvalue weighted by Crippen LogP contribution is 2.53. The van der Waals surface area contributed by atoms with E-state index in [2.05, 4.69) is 5.32 Å². The molecule has 0 spiro atoms. The van der Waals surface area contributed by atoms with Gasteiger partial charge >= 0.3 is 0 Å². The molecule has 0 radical (unpaired) electrons. The maximum Gasteiger partial charge on any atom is 0.224 e. The van der Waals surface area contributed by atoms with Gasteiger partial charge in [0.25, 0.3) is 0 Å². The predicted molar refractivity (Wildman–Crippen MR) is 84.1 cm³/mol. The summed E-state index contributed by atoms with van der Waals surface area (Å²) < 4.78 is 0. The SMILES string of the molecule is O=C(Cc1ccccc1Cl)NC1C2CC3CC(C2)CC1C3. The van der Waals surface area contributed by atoms with E-state index >= 15 is 0 Å². The Hall–Kier alpha value is -1.02. The largest absolute Gasteiger partial charge is 0.353 e. The molecule has 1 aromatic rings. The van der Waals surface area contributed by atoms with Gasteiger partial charge in [-0.1, -0.05) is 29.8 Å². The minimum absolute atomic E-state index is 0.139. The van der Waals surface area contributed by atoms with Crippen LogP contribution in [0.15, 0.2) is 24.3 Å². The molecule has 4 fully saturated rings. The molecular weight excluding hydrogens is 282 g/mol. The minimum Gasteiger partial charge on any atom is -0.353 e. The number of hydrogen-bond donors (Lipinski definition) is 1. The number of hydrogen-bond acceptors (Lipinski definition) is 1. The van der Waals surface area contributed by atoms with Crippen LogP contribution >= 0.6 is 11.6 Å². The fourth-order valence-corrected chi connectivity index (χ4v) is 5.42. The Labute approximate surface area is 131 Å². The Kier molecular flexibility index (Phi) is 3.45. The summed E-state index contributed by atoms with van der Waals surface area (Å²) in [6, 6.07) is 8.07. The van der Waals surface area contributed by atoms with Crippen molar-refractivity contribution in [1.29, 1.82) is 0 Å². The summed E-state index contributed by atoms with van der Waals surface area (Å²) in [6.07, 6.45) is 7.21. The fourth-order valence-electron chi connectivity index (χ4n) is 5.21. The van der Waals surface area contributed by atoms with Gasteiger partial charge in [-0.2, -0.15) is 0 Å². The van der Waals surface area contributed by atoms with Crippen LogP contribution in [0.25, 0.3) is 0 Å². The van der Waals surface area contributed by atoms with E-state index in [-0.39, 0.29) is 5.91 Å². The van der Waals surface area contributed by atoms with Crippen molar-refractivity contribution < 1.29 is 4.79 Å². The topological polar surface area (TPSA) is 29.1 Å². The summed E-state index contributed by atoms with van der Waals surface area (Å²) in [5.74, 6) is 3.50. The highest BCUT2D eigenvalue weighted by molar-refractivity contribution is 6.31. The molecular formula is C18H22ClNO. The van der Waals surface area contributed by atoms with Crippen LogP contribution < -0.4 is 5.32 Å². The Bertz CT molecular complexity index is 528. The summed E-state index contributed by atoms with van der Waals surface area (Å²) >= 11 is 6.15. The van der Waals surface area contributed by atoms with Crippen molar-refractivity contribution in [3.8, 4) is 0 Å². The molecule has 0 aliphatic heterocycles. The first kappa shape index (κ1) is 13.6. The summed E-state index contributed by atoms with van der Waals surface area (Å²) in [7, 11) is 0. The average Bonchev–Trinajstić information content (AvgIpc) is 2.44. The van der Waals surface area contributed by atoms with Gasteiger partial charge in [-0.3, -0.25) is 4.79 Å². The van der Waals surface area contributed by atoms with Crippen molar-refractivity contribution in [2.24, 2.45) is 23.7 Å². The number of rotatable bonds is 3. The van der Waals surface area contributed by atoms with Crippen LogP contribution in [0.2, 0.25) is 5.02 Å². The van der Waals surface area contributed by atoms with Crippen molar-refractivity contribution in [2.45, 2.75) is 44.6 Å². The molecule has 112 valence electrons. The zero-order chi connectivity index (χ0) is 14.4. The Morgan fingerprint density at radius 2 is 1.67 bits per heavy atom. The molecule has 4 saturated carbocycles. The van der Waals surface area contributed by atoms with Gasteiger partial charge in [0, 0.05) is 11.1 Å². The first-order valence-electron chi connectivity index (χ1n) is 8.22.